The summed E-state index contributed by atoms with van der Waals surface area (Å²) >= 11 is 7.55. The molecule has 0 unspecified atom stereocenters. The van der Waals surface area contributed by atoms with Crippen molar-refractivity contribution in [2.45, 2.75) is 24.8 Å². The highest BCUT2D eigenvalue weighted by atomic mass is 35.5. The molecule has 9 heteroatoms. The van der Waals surface area contributed by atoms with Crippen molar-refractivity contribution in [2.75, 3.05) is 5.32 Å². The predicted octanol–water partition coefficient (Wildman–Crippen LogP) is 5.13. The number of carbonyl (C=O) groups excluding carboxylic acids is 1. The molecule has 1 amide bonds. The molecule has 0 atom stereocenters. The summed E-state index contributed by atoms with van der Waals surface area (Å²) in [6, 6.07) is 14.9. The first-order valence-electron chi connectivity index (χ1n) is 9.13. The minimum absolute atomic E-state index is 0.122. The normalized spacial score (nSPS) is 10.9. The van der Waals surface area contributed by atoms with Gasteiger partial charge in [0.2, 0.25) is 11.8 Å². The maximum Gasteiger partial charge on any atom is 0.226 e. The summed E-state index contributed by atoms with van der Waals surface area (Å²) in [7, 11) is 0. The molecular formula is C21H18ClN5O2S. The molecule has 2 heterocycles. The molecule has 30 heavy (non-hydrogen) atoms. The van der Waals surface area contributed by atoms with E-state index in [0.29, 0.717) is 22.4 Å². The molecule has 0 radical (unpaired) electrons. The molecule has 152 valence electrons. The molecule has 0 aliphatic carbocycles. The number of aryl methyl sites for hydroxylation is 1. The van der Waals surface area contributed by atoms with Crippen molar-refractivity contribution in [2.24, 2.45) is 0 Å². The van der Waals surface area contributed by atoms with Crippen LogP contribution in [0.3, 0.4) is 0 Å². The smallest absolute Gasteiger partial charge is 0.226 e. The SMILES string of the molecule is CC(=O)Nc1cccc(-n2c(C)nnc2SCc2coc(-c3cccc(Cl)c3)n2)c1. The number of aromatic nitrogens is 4. The molecule has 2 aromatic carbocycles. The van der Waals surface area contributed by atoms with Gasteiger partial charge < -0.3 is 9.73 Å². The lowest BCUT2D eigenvalue weighted by Gasteiger charge is -2.10. The van der Waals surface area contributed by atoms with Crippen LogP contribution in [-0.2, 0) is 10.5 Å². The Bertz CT molecular complexity index is 1200. The fourth-order valence-corrected chi connectivity index (χ4v) is 3.99. The molecule has 7 nitrogen and oxygen atoms in total. The van der Waals surface area contributed by atoms with Gasteiger partial charge in [0.15, 0.2) is 5.16 Å². The number of nitrogens with one attached hydrogen (secondary N) is 1. The standard InChI is InChI=1S/C21H18ClN5O2S/c1-13-25-26-21(27(13)19-8-4-7-17(10-19)23-14(2)28)30-12-18-11-29-20(24-18)15-5-3-6-16(22)9-15/h3-11H,12H2,1-2H3,(H,23,28). The Morgan fingerprint density at radius 1 is 1.20 bits per heavy atom. The van der Waals surface area contributed by atoms with Gasteiger partial charge in [-0.3, -0.25) is 9.36 Å². The number of amides is 1. The Morgan fingerprint density at radius 2 is 2.03 bits per heavy atom. The zero-order valence-corrected chi connectivity index (χ0v) is 17.9. The zero-order chi connectivity index (χ0) is 21.1. The van der Waals surface area contributed by atoms with E-state index < -0.39 is 0 Å². The van der Waals surface area contributed by atoms with E-state index in [-0.39, 0.29) is 5.91 Å². The molecule has 4 aromatic rings. The van der Waals surface area contributed by atoms with Crippen molar-refractivity contribution in [3.8, 4) is 17.1 Å². The summed E-state index contributed by atoms with van der Waals surface area (Å²) in [5.41, 5.74) is 3.19. The minimum Gasteiger partial charge on any atom is -0.444 e. The van der Waals surface area contributed by atoms with Crippen molar-refractivity contribution in [1.82, 2.24) is 19.7 Å². The lowest BCUT2D eigenvalue weighted by atomic mass is 10.2. The van der Waals surface area contributed by atoms with Crippen LogP contribution < -0.4 is 5.32 Å². The van der Waals surface area contributed by atoms with Gasteiger partial charge >= 0.3 is 0 Å². The van der Waals surface area contributed by atoms with Gasteiger partial charge in [0.25, 0.3) is 0 Å². The number of halogens is 1. The van der Waals surface area contributed by atoms with Gasteiger partial charge in [-0.1, -0.05) is 35.5 Å². The van der Waals surface area contributed by atoms with Crippen LogP contribution >= 0.6 is 23.4 Å². The average Bonchev–Trinajstić information content (AvgIpc) is 3.33. The Kier molecular flexibility index (Phi) is 5.87. The minimum atomic E-state index is -0.122. The first kappa shape index (κ1) is 20.2. The highest BCUT2D eigenvalue weighted by Crippen LogP contribution is 2.28. The number of nitrogens with zero attached hydrogens (tertiary/aromatic N) is 4. The highest BCUT2D eigenvalue weighted by molar-refractivity contribution is 7.98. The molecule has 2 aromatic heterocycles. The number of hydrogen-bond donors (Lipinski definition) is 1. The second-order valence-electron chi connectivity index (χ2n) is 6.54. The van der Waals surface area contributed by atoms with Gasteiger partial charge in [0.05, 0.1) is 11.4 Å². The van der Waals surface area contributed by atoms with E-state index in [9.17, 15) is 4.79 Å². The topological polar surface area (TPSA) is 85.8 Å². The number of carbonyl (C=O) groups is 1. The van der Waals surface area contributed by atoms with E-state index in [2.05, 4.69) is 20.5 Å². The van der Waals surface area contributed by atoms with Gasteiger partial charge in [0, 0.05) is 29.0 Å². The molecule has 4 rings (SSSR count). The first-order valence-corrected chi connectivity index (χ1v) is 10.5. The van der Waals surface area contributed by atoms with E-state index in [1.165, 1.54) is 18.7 Å². The molecule has 0 saturated heterocycles. The van der Waals surface area contributed by atoms with E-state index in [1.54, 1.807) is 12.3 Å². The molecule has 0 bridgehead atoms. The summed E-state index contributed by atoms with van der Waals surface area (Å²) in [5.74, 6) is 1.71. The van der Waals surface area contributed by atoms with Crippen LogP contribution in [0, 0.1) is 6.92 Å². The van der Waals surface area contributed by atoms with Crippen molar-refractivity contribution in [1.29, 1.82) is 0 Å². The maximum atomic E-state index is 11.4. The third kappa shape index (κ3) is 4.55. The molecule has 0 spiro atoms. The van der Waals surface area contributed by atoms with Crippen molar-refractivity contribution >= 4 is 35.0 Å². The Morgan fingerprint density at radius 3 is 2.83 bits per heavy atom. The van der Waals surface area contributed by atoms with Gasteiger partial charge in [-0.25, -0.2) is 4.98 Å². The number of benzene rings is 2. The summed E-state index contributed by atoms with van der Waals surface area (Å²) in [5, 5.41) is 12.6. The lowest BCUT2D eigenvalue weighted by Crippen LogP contribution is -2.07. The lowest BCUT2D eigenvalue weighted by molar-refractivity contribution is -0.114. The molecule has 1 N–H and O–H groups in total. The van der Waals surface area contributed by atoms with Crippen LogP contribution in [0.15, 0.2) is 64.4 Å². The maximum absolute atomic E-state index is 11.4. The van der Waals surface area contributed by atoms with Crippen LogP contribution in [0.4, 0.5) is 5.69 Å². The van der Waals surface area contributed by atoms with Crippen LogP contribution in [0.5, 0.6) is 0 Å². The molecule has 0 aliphatic rings. The molecule has 0 saturated carbocycles. The van der Waals surface area contributed by atoms with Gasteiger partial charge in [0.1, 0.15) is 12.1 Å². The quantitative estimate of drug-likeness (QED) is 0.419. The molecule has 0 fully saturated rings. The van der Waals surface area contributed by atoms with Gasteiger partial charge in [-0.15, -0.1) is 10.2 Å². The van der Waals surface area contributed by atoms with Crippen molar-refractivity contribution < 1.29 is 9.21 Å². The Labute approximate surface area is 182 Å². The van der Waals surface area contributed by atoms with Gasteiger partial charge in [-0.05, 0) is 43.3 Å². The van der Waals surface area contributed by atoms with Crippen molar-refractivity contribution in [3.05, 3.63) is 71.3 Å². The van der Waals surface area contributed by atoms with Gasteiger partial charge in [-0.2, -0.15) is 0 Å². The van der Waals surface area contributed by atoms with Crippen LogP contribution in [0.2, 0.25) is 5.02 Å². The van der Waals surface area contributed by atoms with Crippen LogP contribution in [0.25, 0.3) is 17.1 Å². The fraction of sp³-hybridized carbons (Fsp3) is 0.143. The number of rotatable bonds is 6. The Hall–Kier alpha value is -3.10. The van der Waals surface area contributed by atoms with Crippen molar-refractivity contribution in [3.63, 3.8) is 0 Å². The van der Waals surface area contributed by atoms with E-state index in [1.807, 2.05) is 54.0 Å². The van der Waals surface area contributed by atoms with Crippen LogP contribution in [-0.4, -0.2) is 25.7 Å². The number of thioether (sulfide) groups is 1. The average molecular weight is 440 g/mol. The summed E-state index contributed by atoms with van der Waals surface area (Å²) in [6.45, 7) is 3.36. The number of oxazole rings is 1. The van der Waals surface area contributed by atoms with E-state index >= 15 is 0 Å². The fourth-order valence-electron chi connectivity index (χ4n) is 2.93. The number of anilines is 1. The number of hydrogen-bond acceptors (Lipinski definition) is 6. The summed E-state index contributed by atoms with van der Waals surface area (Å²) in [6.07, 6.45) is 1.63. The second-order valence-corrected chi connectivity index (χ2v) is 7.92. The predicted molar refractivity (Wildman–Crippen MR) is 117 cm³/mol. The second kappa shape index (κ2) is 8.73. The summed E-state index contributed by atoms with van der Waals surface area (Å²) in [4.78, 5) is 15.9. The first-order chi connectivity index (χ1) is 14.5. The highest BCUT2D eigenvalue weighted by Gasteiger charge is 2.14. The third-order valence-corrected chi connectivity index (χ3v) is 5.39. The third-order valence-electron chi connectivity index (χ3n) is 4.19. The van der Waals surface area contributed by atoms with E-state index in [4.69, 9.17) is 16.0 Å². The monoisotopic (exact) mass is 439 g/mol. The summed E-state index contributed by atoms with van der Waals surface area (Å²) < 4.78 is 7.54. The van der Waals surface area contributed by atoms with E-state index in [0.717, 1.165) is 27.9 Å². The largest absolute Gasteiger partial charge is 0.444 e. The van der Waals surface area contributed by atoms with Crippen LogP contribution in [0.1, 0.15) is 18.4 Å². The zero-order valence-electron chi connectivity index (χ0n) is 16.3. The molecule has 0 aliphatic heterocycles. The Balaban J connectivity index is 1.53. The molecular weight excluding hydrogens is 422 g/mol.